The molecule has 2 aromatic heterocycles. The minimum Gasteiger partial charge on any atom is -0.386 e. The second-order valence-corrected chi connectivity index (χ2v) is 8.60. The molecule has 24 heavy (non-hydrogen) atoms. The highest BCUT2D eigenvalue weighted by atomic mass is 32.5. The summed E-state index contributed by atoms with van der Waals surface area (Å²) < 4.78 is 24.1. The summed E-state index contributed by atoms with van der Waals surface area (Å²) in [7, 11) is 1.43. The van der Waals surface area contributed by atoms with Crippen LogP contribution in [0.2, 0.25) is 0 Å². The molecule has 0 radical (unpaired) electrons. The van der Waals surface area contributed by atoms with E-state index in [1.807, 2.05) is 6.92 Å². The Morgan fingerprint density at radius 3 is 2.88 bits per heavy atom. The molecule has 4 heterocycles. The monoisotopic (exact) mass is 373 g/mol. The smallest absolute Gasteiger partial charge is 0.327 e. The minimum absolute atomic E-state index is 0.256. The highest BCUT2D eigenvalue weighted by Crippen LogP contribution is 2.58. The largest absolute Gasteiger partial charge is 0.386 e. The van der Waals surface area contributed by atoms with Gasteiger partial charge in [0.15, 0.2) is 17.7 Å². The fourth-order valence-electron chi connectivity index (χ4n) is 2.99. The summed E-state index contributed by atoms with van der Waals surface area (Å²) in [5.41, 5.74) is 6.70. The number of rotatable bonds is 2. The van der Waals surface area contributed by atoms with Crippen LogP contribution in [0.3, 0.4) is 0 Å². The van der Waals surface area contributed by atoms with Crippen LogP contribution in [0.5, 0.6) is 0 Å². The van der Waals surface area contributed by atoms with Crippen molar-refractivity contribution in [2.24, 2.45) is 0 Å². The quantitative estimate of drug-likeness (QED) is 0.712. The van der Waals surface area contributed by atoms with Crippen molar-refractivity contribution < 1.29 is 23.4 Å². The lowest BCUT2D eigenvalue weighted by molar-refractivity contribution is -0.0922. The lowest BCUT2D eigenvalue weighted by Gasteiger charge is -2.36. The number of imidazole rings is 1. The molecule has 2 unspecified atom stereocenters. The minimum atomic E-state index is -2.89. The van der Waals surface area contributed by atoms with Gasteiger partial charge in [-0.05, 0) is 18.7 Å². The standard InChI is InChI=1S/C12H16N5O5PS/c1-5-8-9(22-23(24,19-2)21-5)7(18)12(20-8)17-4-16-6-10(13)14-3-15-11(6)17/h3-5,7-9,12,18H,1-2H3,(H2,13,14,15)/t5-,7+,8?,9-,12+,23?/m0/s1. The maximum absolute atomic E-state index is 10.7. The third-order valence-corrected chi connectivity index (χ3v) is 6.65. The SMILES string of the molecule is COP1(=S)O[C@@H](C)C2O[C@@H](n3cnc4c(N)ncnc43)[C@H](O)[C@@H]2O1. The van der Waals surface area contributed by atoms with E-state index in [1.54, 1.807) is 4.57 Å². The molecule has 2 saturated heterocycles. The summed E-state index contributed by atoms with van der Waals surface area (Å²) in [6.07, 6.45) is -0.468. The number of nitrogens with two attached hydrogens (primary N) is 1. The zero-order valence-electron chi connectivity index (χ0n) is 12.8. The molecule has 6 atom stereocenters. The van der Waals surface area contributed by atoms with Crippen LogP contribution in [-0.2, 0) is 30.1 Å². The van der Waals surface area contributed by atoms with Gasteiger partial charge in [-0.1, -0.05) is 0 Å². The third-order valence-electron chi connectivity index (χ3n) is 4.14. The highest BCUT2D eigenvalue weighted by molar-refractivity contribution is 8.07. The number of aliphatic hydroxyl groups is 1. The highest BCUT2D eigenvalue weighted by Gasteiger charge is 2.54. The molecule has 2 aliphatic heterocycles. The van der Waals surface area contributed by atoms with E-state index in [9.17, 15) is 5.11 Å². The summed E-state index contributed by atoms with van der Waals surface area (Å²) in [6.45, 7) is -1.09. The molecule has 4 rings (SSSR count). The van der Waals surface area contributed by atoms with Crippen LogP contribution in [0, 0.1) is 0 Å². The predicted octanol–water partition coefficient (Wildman–Crippen LogP) is 0.342. The summed E-state index contributed by atoms with van der Waals surface area (Å²) in [5.74, 6) is 0.256. The summed E-state index contributed by atoms with van der Waals surface area (Å²) in [5, 5.41) is 10.7. The molecule has 12 heteroatoms. The molecular formula is C12H16N5O5PS. The number of ether oxygens (including phenoxy) is 1. The van der Waals surface area contributed by atoms with Crippen molar-refractivity contribution in [3.05, 3.63) is 12.7 Å². The number of hydrogen-bond acceptors (Lipinski definition) is 10. The van der Waals surface area contributed by atoms with E-state index in [1.165, 1.54) is 19.8 Å². The maximum Gasteiger partial charge on any atom is 0.327 e. The Kier molecular flexibility index (Phi) is 3.84. The van der Waals surface area contributed by atoms with Gasteiger partial charge in [0.25, 0.3) is 0 Å². The molecule has 2 aromatic rings. The van der Waals surface area contributed by atoms with Crippen LogP contribution in [0.25, 0.3) is 11.2 Å². The zero-order chi connectivity index (χ0) is 17.1. The van der Waals surface area contributed by atoms with Crippen LogP contribution < -0.4 is 5.73 Å². The first-order valence-electron chi connectivity index (χ1n) is 7.22. The first-order chi connectivity index (χ1) is 11.4. The van der Waals surface area contributed by atoms with Crippen LogP contribution in [0.1, 0.15) is 13.2 Å². The van der Waals surface area contributed by atoms with E-state index in [2.05, 4.69) is 15.0 Å². The van der Waals surface area contributed by atoms with Gasteiger partial charge in [-0.25, -0.2) is 15.0 Å². The van der Waals surface area contributed by atoms with Crippen molar-refractivity contribution in [1.82, 2.24) is 19.5 Å². The third kappa shape index (κ3) is 2.36. The molecule has 3 N–H and O–H groups in total. The second kappa shape index (κ2) is 5.67. The lowest BCUT2D eigenvalue weighted by Crippen LogP contribution is -2.43. The topological polar surface area (TPSA) is 127 Å². The number of hydrogen-bond donors (Lipinski definition) is 2. The summed E-state index contributed by atoms with van der Waals surface area (Å²) in [6, 6.07) is 0. The average Bonchev–Trinajstić information content (AvgIpc) is 3.11. The Balaban J connectivity index is 1.71. The van der Waals surface area contributed by atoms with Gasteiger partial charge in [0.05, 0.1) is 12.4 Å². The average molecular weight is 373 g/mol. The number of anilines is 1. The molecular weight excluding hydrogens is 357 g/mol. The van der Waals surface area contributed by atoms with Gasteiger partial charge in [0.2, 0.25) is 0 Å². The molecule has 0 aliphatic carbocycles. The predicted molar refractivity (Wildman–Crippen MR) is 86.4 cm³/mol. The zero-order valence-corrected chi connectivity index (χ0v) is 14.6. The van der Waals surface area contributed by atoms with Gasteiger partial charge in [-0.2, -0.15) is 0 Å². The Bertz CT molecular complexity index is 833. The van der Waals surface area contributed by atoms with Crippen LogP contribution in [-0.4, -0.2) is 56.2 Å². The second-order valence-electron chi connectivity index (χ2n) is 5.58. The Morgan fingerprint density at radius 1 is 1.33 bits per heavy atom. The van der Waals surface area contributed by atoms with Gasteiger partial charge in [0.1, 0.15) is 30.2 Å². The molecule has 2 fully saturated rings. The van der Waals surface area contributed by atoms with Crippen molar-refractivity contribution in [3.8, 4) is 0 Å². The van der Waals surface area contributed by atoms with Crippen LogP contribution in [0.4, 0.5) is 5.82 Å². The fraction of sp³-hybridized carbons (Fsp3) is 0.583. The maximum atomic E-state index is 10.7. The number of fused-ring (bicyclic) bond motifs is 2. The van der Waals surface area contributed by atoms with Crippen molar-refractivity contribution in [2.75, 3.05) is 12.8 Å². The van der Waals surface area contributed by atoms with Crippen molar-refractivity contribution in [3.63, 3.8) is 0 Å². The van der Waals surface area contributed by atoms with E-state index >= 15 is 0 Å². The summed E-state index contributed by atoms with van der Waals surface area (Å²) in [4.78, 5) is 12.3. The van der Waals surface area contributed by atoms with Gasteiger partial charge in [-0.15, -0.1) is 0 Å². The van der Waals surface area contributed by atoms with Gasteiger partial charge >= 0.3 is 6.72 Å². The number of nitrogen functional groups attached to an aromatic ring is 1. The Labute approximate surface area is 142 Å². The molecule has 0 saturated carbocycles. The molecule has 130 valence electrons. The van der Waals surface area contributed by atoms with Gasteiger partial charge in [0, 0.05) is 7.11 Å². The van der Waals surface area contributed by atoms with Gasteiger partial charge < -0.3 is 24.6 Å². The van der Waals surface area contributed by atoms with Crippen molar-refractivity contribution in [2.45, 2.75) is 37.6 Å². The molecule has 0 aromatic carbocycles. The molecule has 2 aliphatic rings. The van der Waals surface area contributed by atoms with E-state index in [0.717, 1.165) is 0 Å². The fourth-order valence-corrected chi connectivity index (χ4v) is 4.98. The summed E-state index contributed by atoms with van der Waals surface area (Å²) >= 11 is 5.26. The first kappa shape index (κ1) is 16.3. The number of aliphatic hydroxyl groups excluding tert-OH is 1. The van der Waals surface area contributed by atoms with E-state index < -0.39 is 31.3 Å². The molecule has 0 amide bonds. The van der Waals surface area contributed by atoms with Gasteiger partial charge in [-0.3, -0.25) is 9.09 Å². The van der Waals surface area contributed by atoms with Crippen LogP contribution in [0.15, 0.2) is 12.7 Å². The van der Waals surface area contributed by atoms with Crippen molar-refractivity contribution in [1.29, 1.82) is 0 Å². The van der Waals surface area contributed by atoms with E-state index in [4.69, 9.17) is 35.8 Å². The molecule has 0 bridgehead atoms. The van der Waals surface area contributed by atoms with Crippen LogP contribution >= 0.6 is 6.72 Å². The van der Waals surface area contributed by atoms with E-state index in [-0.39, 0.29) is 11.9 Å². The molecule has 0 spiro atoms. The number of nitrogens with zero attached hydrogens (tertiary/aromatic N) is 4. The lowest BCUT2D eigenvalue weighted by atomic mass is 10.1. The molecule has 10 nitrogen and oxygen atoms in total. The van der Waals surface area contributed by atoms with E-state index in [0.29, 0.717) is 11.2 Å². The number of aromatic nitrogens is 4. The van der Waals surface area contributed by atoms with Crippen molar-refractivity contribution >= 4 is 35.5 Å². The first-order valence-corrected chi connectivity index (χ1v) is 9.78. The normalized spacial score (nSPS) is 39.2. The Hall–Kier alpha value is -1.20. The Morgan fingerprint density at radius 2 is 2.12 bits per heavy atom.